The molecule has 0 aliphatic carbocycles. The number of piperazine rings is 1. The average Bonchev–Trinajstić information content (AvgIpc) is 2.81. The molecule has 2 heterocycles. The van der Waals surface area contributed by atoms with Gasteiger partial charge in [-0.05, 0) is 25.1 Å². The third-order valence-electron chi connectivity index (χ3n) is 5.07. The van der Waals surface area contributed by atoms with Crippen LogP contribution in [-0.2, 0) is 9.53 Å². The van der Waals surface area contributed by atoms with Gasteiger partial charge in [-0.2, -0.15) is 0 Å². The van der Waals surface area contributed by atoms with Gasteiger partial charge in [-0.25, -0.2) is 0 Å². The quantitative estimate of drug-likeness (QED) is 0.787. The minimum absolute atomic E-state index is 0.120. The van der Waals surface area contributed by atoms with Gasteiger partial charge in [0.25, 0.3) is 0 Å². The molecule has 136 valence electrons. The van der Waals surface area contributed by atoms with Gasteiger partial charge in [-0.15, -0.1) is 0 Å². The maximum absolute atomic E-state index is 11.7. The van der Waals surface area contributed by atoms with Crippen molar-refractivity contribution >= 4 is 11.7 Å². The molecule has 26 heavy (non-hydrogen) atoms. The van der Waals surface area contributed by atoms with Gasteiger partial charge in [0.1, 0.15) is 5.75 Å². The smallest absolute Gasteiger partial charge is 0.307 e. The van der Waals surface area contributed by atoms with Crippen molar-refractivity contribution in [3.05, 3.63) is 54.1 Å². The lowest BCUT2D eigenvalue weighted by Crippen LogP contribution is -2.48. The number of nitrogens with zero attached hydrogens (tertiary/aromatic N) is 2. The van der Waals surface area contributed by atoms with E-state index in [0.29, 0.717) is 13.0 Å². The average molecular weight is 352 g/mol. The van der Waals surface area contributed by atoms with Gasteiger partial charge in [0.15, 0.2) is 5.75 Å². The zero-order chi connectivity index (χ0) is 17.9. The number of para-hydroxylation sites is 3. The molecule has 4 rings (SSSR count). The standard InChI is InChI=1S/C21H24N2O3/c1-2-25-21(24)11-12-22-13-14-23-17-8-4-6-10-20(17)26-19-9-5-3-7-16(19)18(23)15-22/h3-10,18H,2,11-15H2,1H3. The van der Waals surface area contributed by atoms with Crippen molar-refractivity contribution in [1.82, 2.24) is 4.90 Å². The zero-order valence-corrected chi connectivity index (χ0v) is 15.1. The first-order valence-electron chi connectivity index (χ1n) is 9.26. The molecule has 2 aliphatic rings. The van der Waals surface area contributed by atoms with E-state index in [0.717, 1.165) is 43.4 Å². The van der Waals surface area contributed by atoms with Crippen LogP contribution in [-0.4, -0.2) is 43.7 Å². The molecule has 2 aromatic carbocycles. The SMILES string of the molecule is CCOC(=O)CCN1CCN2c3ccccc3Oc3ccccc3C2C1. The van der Waals surface area contributed by atoms with Crippen LogP contribution in [0.5, 0.6) is 11.5 Å². The van der Waals surface area contributed by atoms with Gasteiger partial charge in [-0.1, -0.05) is 30.3 Å². The Morgan fingerprint density at radius 3 is 2.73 bits per heavy atom. The number of benzene rings is 2. The Balaban J connectivity index is 1.59. The van der Waals surface area contributed by atoms with E-state index in [9.17, 15) is 4.79 Å². The summed E-state index contributed by atoms with van der Waals surface area (Å²) in [6.07, 6.45) is 0.440. The van der Waals surface area contributed by atoms with Gasteiger partial charge in [-0.3, -0.25) is 9.69 Å². The van der Waals surface area contributed by atoms with Crippen LogP contribution in [0, 0.1) is 0 Å². The predicted molar refractivity (Wildman–Crippen MR) is 101 cm³/mol. The second-order valence-electron chi connectivity index (χ2n) is 6.67. The maximum atomic E-state index is 11.7. The van der Waals surface area contributed by atoms with E-state index in [1.165, 1.54) is 5.56 Å². The van der Waals surface area contributed by atoms with Crippen LogP contribution < -0.4 is 9.64 Å². The lowest BCUT2D eigenvalue weighted by atomic mass is 10.0. The summed E-state index contributed by atoms with van der Waals surface area (Å²) in [7, 11) is 0. The molecule has 0 amide bonds. The molecule has 0 aromatic heterocycles. The van der Waals surface area contributed by atoms with Crippen molar-refractivity contribution in [2.24, 2.45) is 0 Å². The Kier molecular flexibility index (Phi) is 4.80. The molecule has 1 saturated heterocycles. The molecular formula is C21H24N2O3. The lowest BCUT2D eigenvalue weighted by Gasteiger charge is -2.42. The van der Waals surface area contributed by atoms with Crippen molar-refractivity contribution in [1.29, 1.82) is 0 Å². The summed E-state index contributed by atoms with van der Waals surface area (Å²) in [4.78, 5) is 16.5. The van der Waals surface area contributed by atoms with Crippen molar-refractivity contribution in [2.75, 3.05) is 37.7 Å². The van der Waals surface area contributed by atoms with Gasteiger partial charge in [0.2, 0.25) is 0 Å². The molecule has 0 saturated carbocycles. The van der Waals surface area contributed by atoms with Crippen LogP contribution in [0.4, 0.5) is 5.69 Å². The number of anilines is 1. The highest BCUT2D eigenvalue weighted by atomic mass is 16.5. The van der Waals surface area contributed by atoms with E-state index in [1.54, 1.807) is 0 Å². The third kappa shape index (κ3) is 3.27. The van der Waals surface area contributed by atoms with Gasteiger partial charge in [0, 0.05) is 31.7 Å². The van der Waals surface area contributed by atoms with Crippen LogP contribution >= 0.6 is 0 Å². The largest absolute Gasteiger partial charge is 0.466 e. The Morgan fingerprint density at radius 1 is 1.12 bits per heavy atom. The fourth-order valence-corrected chi connectivity index (χ4v) is 3.83. The molecule has 5 heteroatoms. The number of carbonyl (C=O) groups excluding carboxylic acids is 1. The molecule has 0 radical (unpaired) electrons. The summed E-state index contributed by atoms with van der Waals surface area (Å²) in [5.74, 6) is 1.70. The normalized spacial score (nSPS) is 18.8. The first-order chi connectivity index (χ1) is 12.8. The summed E-state index contributed by atoms with van der Waals surface area (Å²) in [6, 6.07) is 16.7. The zero-order valence-electron chi connectivity index (χ0n) is 15.1. The highest BCUT2D eigenvalue weighted by molar-refractivity contribution is 5.69. The van der Waals surface area contributed by atoms with Crippen LogP contribution in [0.15, 0.2) is 48.5 Å². The topological polar surface area (TPSA) is 42.0 Å². The monoisotopic (exact) mass is 352 g/mol. The number of carbonyl (C=O) groups is 1. The first kappa shape index (κ1) is 16.9. The second kappa shape index (κ2) is 7.38. The summed E-state index contributed by atoms with van der Waals surface area (Å²) in [6.45, 7) is 5.71. The minimum atomic E-state index is -0.120. The van der Waals surface area contributed by atoms with E-state index in [2.05, 4.69) is 34.1 Å². The number of hydrogen-bond acceptors (Lipinski definition) is 5. The van der Waals surface area contributed by atoms with Crippen molar-refractivity contribution in [3.63, 3.8) is 0 Å². The first-order valence-corrected chi connectivity index (χ1v) is 9.26. The maximum Gasteiger partial charge on any atom is 0.307 e. The molecule has 1 atom stereocenters. The van der Waals surface area contributed by atoms with Crippen molar-refractivity contribution < 1.29 is 14.3 Å². The van der Waals surface area contributed by atoms with E-state index < -0.39 is 0 Å². The summed E-state index contributed by atoms with van der Waals surface area (Å²) in [5, 5.41) is 0. The number of ether oxygens (including phenoxy) is 2. The van der Waals surface area contributed by atoms with Crippen LogP contribution in [0.25, 0.3) is 0 Å². The van der Waals surface area contributed by atoms with Crippen LogP contribution in [0.2, 0.25) is 0 Å². The Labute approximate surface area is 154 Å². The molecule has 2 aromatic rings. The van der Waals surface area contributed by atoms with E-state index in [4.69, 9.17) is 9.47 Å². The van der Waals surface area contributed by atoms with Crippen molar-refractivity contribution in [2.45, 2.75) is 19.4 Å². The predicted octanol–water partition coefficient (Wildman–Crippen LogP) is 3.61. The van der Waals surface area contributed by atoms with Gasteiger partial charge >= 0.3 is 5.97 Å². The van der Waals surface area contributed by atoms with Crippen molar-refractivity contribution in [3.8, 4) is 11.5 Å². The number of esters is 1. The molecule has 2 aliphatic heterocycles. The van der Waals surface area contributed by atoms with Crippen LogP contribution in [0.3, 0.4) is 0 Å². The third-order valence-corrected chi connectivity index (χ3v) is 5.07. The van der Waals surface area contributed by atoms with E-state index >= 15 is 0 Å². The fraction of sp³-hybridized carbons (Fsp3) is 0.381. The molecule has 0 spiro atoms. The number of hydrogen-bond donors (Lipinski definition) is 0. The van der Waals surface area contributed by atoms with Gasteiger partial charge in [0.05, 0.1) is 24.8 Å². The highest BCUT2D eigenvalue weighted by Crippen LogP contribution is 2.45. The second-order valence-corrected chi connectivity index (χ2v) is 6.67. The molecule has 5 nitrogen and oxygen atoms in total. The van der Waals surface area contributed by atoms with Crippen LogP contribution in [0.1, 0.15) is 24.9 Å². The highest BCUT2D eigenvalue weighted by Gasteiger charge is 2.34. The Hall–Kier alpha value is -2.53. The Bertz CT molecular complexity index is 792. The number of rotatable bonds is 4. The fourth-order valence-electron chi connectivity index (χ4n) is 3.83. The summed E-state index contributed by atoms with van der Waals surface area (Å²) < 4.78 is 11.3. The molecule has 0 bridgehead atoms. The van der Waals surface area contributed by atoms with E-state index in [1.807, 2.05) is 31.2 Å². The molecule has 1 fully saturated rings. The lowest BCUT2D eigenvalue weighted by molar-refractivity contribution is -0.143. The molecular weight excluding hydrogens is 328 g/mol. The Morgan fingerprint density at radius 2 is 1.88 bits per heavy atom. The minimum Gasteiger partial charge on any atom is -0.466 e. The molecule has 0 N–H and O–H groups in total. The van der Waals surface area contributed by atoms with E-state index in [-0.39, 0.29) is 12.0 Å². The number of fused-ring (bicyclic) bond motifs is 5. The van der Waals surface area contributed by atoms with Gasteiger partial charge < -0.3 is 14.4 Å². The summed E-state index contributed by atoms with van der Waals surface area (Å²) in [5.41, 5.74) is 2.34. The molecule has 1 unspecified atom stereocenters. The summed E-state index contributed by atoms with van der Waals surface area (Å²) >= 11 is 0.